The van der Waals surface area contributed by atoms with Crippen molar-refractivity contribution in [2.75, 3.05) is 5.73 Å². The number of hydrazine groups is 1. The van der Waals surface area contributed by atoms with Gasteiger partial charge in [-0.15, -0.1) is 0 Å². The van der Waals surface area contributed by atoms with Crippen LogP contribution >= 0.6 is 0 Å². The topological polar surface area (TPSA) is 94.0 Å². The molecule has 0 saturated carbocycles. The summed E-state index contributed by atoms with van der Waals surface area (Å²) in [5.41, 5.74) is 7.00. The number of anilines is 1. The van der Waals surface area contributed by atoms with Crippen LogP contribution in [-0.4, -0.2) is 11.4 Å². The van der Waals surface area contributed by atoms with E-state index in [0.29, 0.717) is 12.2 Å². The van der Waals surface area contributed by atoms with Gasteiger partial charge in [0.1, 0.15) is 5.82 Å². The third-order valence-electron chi connectivity index (χ3n) is 0.756. The van der Waals surface area contributed by atoms with E-state index in [0.717, 1.165) is 0 Å². The lowest BCUT2D eigenvalue weighted by molar-refractivity contribution is -0.109. The number of nitrogen functional groups attached to an aromatic ring is 1. The van der Waals surface area contributed by atoms with Crippen LogP contribution in [0.5, 0.6) is 0 Å². The number of hydrogen-bond donors (Lipinski definition) is 3. The van der Waals surface area contributed by atoms with Gasteiger partial charge in [0.2, 0.25) is 6.41 Å². The summed E-state index contributed by atoms with van der Waals surface area (Å²) in [6.07, 6.45) is 2.06. The number of carbonyl (C=O) groups excluding carboxylic acids is 1. The maximum absolute atomic E-state index is 8.94. The number of amides is 1. The molecule has 0 saturated heterocycles. The van der Waals surface area contributed by atoms with Gasteiger partial charge in [0, 0.05) is 6.20 Å². The molecule has 1 aromatic rings. The Labute approximate surface area is 64.4 Å². The minimum Gasteiger partial charge on any atom is -0.384 e. The number of pyridine rings is 1. The molecule has 1 aromatic heterocycles. The molecule has 0 radical (unpaired) electrons. The van der Waals surface area contributed by atoms with Crippen LogP contribution in [0.25, 0.3) is 0 Å². The summed E-state index contributed by atoms with van der Waals surface area (Å²) in [6, 6.07) is 5.43. The van der Waals surface area contributed by atoms with E-state index in [2.05, 4.69) is 10.8 Å². The molecule has 60 valence electrons. The van der Waals surface area contributed by atoms with Crippen molar-refractivity contribution in [2.45, 2.75) is 0 Å². The van der Waals surface area contributed by atoms with E-state index in [9.17, 15) is 0 Å². The number of rotatable bonds is 1. The van der Waals surface area contributed by atoms with Crippen LogP contribution in [-0.2, 0) is 4.79 Å². The van der Waals surface area contributed by atoms with E-state index in [-0.39, 0.29) is 0 Å². The summed E-state index contributed by atoms with van der Waals surface area (Å²) in [5, 5.41) is 0. The molecule has 0 aromatic carbocycles. The highest BCUT2D eigenvalue weighted by atomic mass is 16.1. The predicted molar refractivity (Wildman–Crippen MR) is 42.0 cm³/mol. The zero-order valence-electron chi connectivity index (χ0n) is 5.90. The van der Waals surface area contributed by atoms with E-state index in [4.69, 9.17) is 10.5 Å². The van der Waals surface area contributed by atoms with Crippen molar-refractivity contribution in [1.29, 1.82) is 0 Å². The number of nitrogens with two attached hydrogens (primary N) is 2. The Morgan fingerprint density at radius 2 is 2.18 bits per heavy atom. The Balaban J connectivity index is 0.000000218. The molecule has 0 spiro atoms. The first-order valence-corrected chi connectivity index (χ1v) is 2.87. The number of hydrogen-bond acceptors (Lipinski definition) is 4. The Morgan fingerprint density at radius 3 is 2.36 bits per heavy atom. The second-order valence-corrected chi connectivity index (χ2v) is 1.54. The normalized spacial score (nSPS) is 7.36. The summed E-state index contributed by atoms with van der Waals surface area (Å²) in [5.74, 6) is 4.98. The van der Waals surface area contributed by atoms with Gasteiger partial charge in [0.15, 0.2) is 0 Å². The molecule has 0 fully saturated rings. The molecule has 1 heterocycles. The summed E-state index contributed by atoms with van der Waals surface area (Å²) in [4.78, 5) is 12.7. The molecule has 0 aliphatic rings. The molecule has 5 nitrogen and oxygen atoms in total. The lowest BCUT2D eigenvalue weighted by atomic mass is 10.5. The largest absolute Gasteiger partial charge is 0.384 e. The van der Waals surface area contributed by atoms with Crippen LogP contribution in [0, 0.1) is 0 Å². The second-order valence-electron chi connectivity index (χ2n) is 1.54. The first-order chi connectivity index (χ1) is 5.31. The van der Waals surface area contributed by atoms with Crippen molar-refractivity contribution >= 4 is 12.2 Å². The molecule has 0 aliphatic heterocycles. The average Bonchev–Trinajstić information content (AvgIpc) is 2.07. The van der Waals surface area contributed by atoms with E-state index < -0.39 is 0 Å². The Kier molecular flexibility index (Phi) is 5.54. The molecule has 0 atom stereocenters. The molecular formula is C6H10N4O. The molecule has 1 amide bonds. The Bertz CT molecular complexity index is 189. The van der Waals surface area contributed by atoms with Gasteiger partial charge in [0.25, 0.3) is 0 Å². The standard InChI is InChI=1S/C5H6N2.CH4N2O/c6-5-3-1-2-4-7-5;2-3-1-4/h1-4H,(H2,6,7);1H,2H2,(H,3,4). The summed E-state index contributed by atoms with van der Waals surface area (Å²) in [6.45, 7) is 0. The number of carbonyl (C=O) groups is 1. The highest BCUT2D eigenvalue weighted by molar-refractivity contribution is 5.44. The monoisotopic (exact) mass is 154 g/mol. The highest BCUT2D eigenvalue weighted by Crippen LogP contribution is 1.89. The smallest absolute Gasteiger partial charge is 0.221 e. The summed E-state index contributed by atoms with van der Waals surface area (Å²) >= 11 is 0. The Hall–Kier alpha value is -1.62. The van der Waals surface area contributed by atoms with Crippen molar-refractivity contribution in [3.05, 3.63) is 24.4 Å². The first kappa shape index (κ1) is 9.38. The van der Waals surface area contributed by atoms with Crippen LogP contribution in [0.1, 0.15) is 0 Å². The van der Waals surface area contributed by atoms with Crippen molar-refractivity contribution in [3.8, 4) is 0 Å². The Morgan fingerprint density at radius 1 is 1.55 bits per heavy atom. The summed E-state index contributed by atoms with van der Waals surface area (Å²) in [7, 11) is 0. The lowest BCUT2D eigenvalue weighted by Crippen LogP contribution is -2.18. The van der Waals surface area contributed by atoms with Crippen LogP contribution in [0.3, 0.4) is 0 Å². The molecule has 0 unspecified atom stereocenters. The van der Waals surface area contributed by atoms with Gasteiger partial charge in [-0.3, -0.25) is 10.2 Å². The van der Waals surface area contributed by atoms with Gasteiger partial charge < -0.3 is 5.73 Å². The van der Waals surface area contributed by atoms with Crippen molar-refractivity contribution < 1.29 is 4.79 Å². The van der Waals surface area contributed by atoms with Gasteiger partial charge >= 0.3 is 0 Å². The van der Waals surface area contributed by atoms with Gasteiger partial charge in [-0.25, -0.2) is 10.8 Å². The number of nitrogens with zero attached hydrogens (tertiary/aromatic N) is 1. The van der Waals surface area contributed by atoms with Crippen LogP contribution < -0.4 is 17.0 Å². The number of nitrogens with one attached hydrogen (secondary N) is 1. The van der Waals surface area contributed by atoms with Crippen molar-refractivity contribution in [1.82, 2.24) is 10.4 Å². The summed E-state index contributed by atoms with van der Waals surface area (Å²) < 4.78 is 0. The fraction of sp³-hybridized carbons (Fsp3) is 0. The average molecular weight is 154 g/mol. The van der Waals surface area contributed by atoms with Crippen LogP contribution in [0.15, 0.2) is 24.4 Å². The SMILES string of the molecule is NNC=O.Nc1ccccn1. The zero-order chi connectivity index (χ0) is 8.53. The maximum Gasteiger partial charge on any atom is 0.221 e. The lowest BCUT2D eigenvalue weighted by Gasteiger charge is -1.82. The van der Waals surface area contributed by atoms with Gasteiger partial charge in [-0.05, 0) is 12.1 Å². The predicted octanol–water partition coefficient (Wildman–Crippen LogP) is -0.730. The minimum absolute atomic E-state index is 0.403. The fourth-order valence-corrected chi connectivity index (χ4v) is 0.376. The third-order valence-corrected chi connectivity index (χ3v) is 0.756. The van der Waals surface area contributed by atoms with Gasteiger partial charge in [-0.1, -0.05) is 6.07 Å². The molecular weight excluding hydrogens is 144 g/mol. The zero-order valence-corrected chi connectivity index (χ0v) is 5.90. The molecule has 0 aliphatic carbocycles. The molecule has 0 bridgehead atoms. The second kappa shape index (κ2) is 6.50. The van der Waals surface area contributed by atoms with Crippen LogP contribution in [0.4, 0.5) is 5.82 Å². The molecule has 11 heavy (non-hydrogen) atoms. The van der Waals surface area contributed by atoms with Crippen LogP contribution in [0.2, 0.25) is 0 Å². The molecule has 5 heteroatoms. The minimum atomic E-state index is 0.403. The molecule has 1 rings (SSSR count). The maximum atomic E-state index is 8.94. The van der Waals surface area contributed by atoms with Crippen molar-refractivity contribution in [3.63, 3.8) is 0 Å². The van der Waals surface area contributed by atoms with Gasteiger partial charge in [-0.2, -0.15) is 0 Å². The van der Waals surface area contributed by atoms with Gasteiger partial charge in [0.05, 0.1) is 0 Å². The molecule has 5 N–H and O–H groups in total. The quantitative estimate of drug-likeness (QED) is 0.215. The first-order valence-electron chi connectivity index (χ1n) is 2.87. The number of aromatic nitrogens is 1. The van der Waals surface area contributed by atoms with Crippen molar-refractivity contribution in [2.24, 2.45) is 5.84 Å². The highest BCUT2D eigenvalue weighted by Gasteiger charge is 1.73. The van der Waals surface area contributed by atoms with E-state index in [1.165, 1.54) is 0 Å². The van der Waals surface area contributed by atoms with E-state index >= 15 is 0 Å². The van der Waals surface area contributed by atoms with E-state index in [1.54, 1.807) is 17.7 Å². The van der Waals surface area contributed by atoms with E-state index in [1.807, 2.05) is 12.1 Å². The third kappa shape index (κ3) is 6.26. The fourth-order valence-electron chi connectivity index (χ4n) is 0.376.